The van der Waals surface area contributed by atoms with Gasteiger partial charge in [0.25, 0.3) is 0 Å². The van der Waals surface area contributed by atoms with E-state index in [-0.39, 0.29) is 18.9 Å². The van der Waals surface area contributed by atoms with Crippen LogP contribution in [-0.4, -0.2) is 28.8 Å². The van der Waals surface area contributed by atoms with Crippen LogP contribution in [0.15, 0.2) is 40.9 Å². The van der Waals surface area contributed by atoms with Crippen molar-refractivity contribution in [3.63, 3.8) is 0 Å². The monoisotopic (exact) mass is 302 g/mol. The van der Waals surface area contributed by atoms with Crippen LogP contribution in [0.4, 0.5) is 0 Å². The lowest BCUT2D eigenvalue weighted by atomic mass is 10.1. The van der Waals surface area contributed by atoms with E-state index < -0.39 is 6.10 Å². The summed E-state index contributed by atoms with van der Waals surface area (Å²) in [6.45, 7) is 4.33. The van der Waals surface area contributed by atoms with Crippen molar-refractivity contribution in [2.75, 3.05) is 6.54 Å². The number of benzene rings is 1. The van der Waals surface area contributed by atoms with Gasteiger partial charge in [-0.05, 0) is 12.3 Å². The molecule has 0 bridgehead atoms. The number of carbonyl (C=O) groups is 1. The summed E-state index contributed by atoms with van der Waals surface area (Å²) < 4.78 is 5.25. The Kier molecular flexibility index (Phi) is 5.72. The molecule has 0 aliphatic rings. The number of rotatable bonds is 7. The van der Waals surface area contributed by atoms with Crippen LogP contribution in [0.2, 0.25) is 0 Å². The van der Waals surface area contributed by atoms with Crippen molar-refractivity contribution in [1.29, 1.82) is 0 Å². The van der Waals surface area contributed by atoms with E-state index >= 15 is 0 Å². The Bertz CT molecular complexity index is 593. The maximum absolute atomic E-state index is 11.8. The molecule has 2 N–H and O–H groups in total. The Morgan fingerprint density at radius 3 is 2.73 bits per heavy atom. The molecule has 0 spiro atoms. The van der Waals surface area contributed by atoms with E-state index in [9.17, 15) is 9.90 Å². The van der Waals surface area contributed by atoms with Gasteiger partial charge in [-0.1, -0.05) is 49.3 Å². The van der Waals surface area contributed by atoms with E-state index in [4.69, 9.17) is 4.52 Å². The highest BCUT2D eigenvalue weighted by Crippen LogP contribution is 2.19. The second-order valence-corrected chi connectivity index (χ2v) is 5.81. The van der Waals surface area contributed by atoms with Gasteiger partial charge in [0.1, 0.15) is 0 Å². The number of amides is 1. The van der Waals surface area contributed by atoms with E-state index in [1.54, 1.807) is 6.07 Å². The highest BCUT2D eigenvalue weighted by atomic mass is 16.5. The van der Waals surface area contributed by atoms with E-state index in [1.807, 2.05) is 44.2 Å². The van der Waals surface area contributed by atoms with Crippen molar-refractivity contribution < 1.29 is 14.4 Å². The first kappa shape index (κ1) is 16.2. The molecule has 2 aromatic rings. The summed E-state index contributed by atoms with van der Waals surface area (Å²) in [5, 5.41) is 16.4. The Morgan fingerprint density at radius 1 is 1.32 bits per heavy atom. The molecule has 0 aliphatic carbocycles. The van der Waals surface area contributed by atoms with Crippen molar-refractivity contribution >= 4 is 5.91 Å². The fraction of sp³-hybridized carbons (Fsp3) is 0.412. The lowest BCUT2D eigenvalue weighted by Gasteiger charge is -2.13. The lowest BCUT2D eigenvalue weighted by molar-refractivity contribution is -0.121. The highest BCUT2D eigenvalue weighted by molar-refractivity contribution is 5.78. The van der Waals surface area contributed by atoms with Gasteiger partial charge in [0.2, 0.25) is 5.91 Å². The molecule has 5 nitrogen and oxygen atoms in total. The van der Waals surface area contributed by atoms with E-state index in [2.05, 4.69) is 10.5 Å². The third-order valence-electron chi connectivity index (χ3n) is 3.24. The minimum absolute atomic E-state index is 0.144. The van der Waals surface area contributed by atoms with E-state index in [0.717, 1.165) is 5.56 Å². The first-order valence-corrected chi connectivity index (χ1v) is 7.50. The third kappa shape index (κ3) is 5.00. The summed E-state index contributed by atoms with van der Waals surface area (Å²) in [7, 11) is 0. The molecule has 0 radical (unpaired) electrons. The van der Waals surface area contributed by atoms with Crippen LogP contribution < -0.4 is 5.32 Å². The van der Waals surface area contributed by atoms with E-state index in [1.165, 1.54) is 0 Å². The molecule has 1 heterocycles. The number of carbonyl (C=O) groups excluding carboxylic acids is 1. The molecule has 0 fully saturated rings. The number of aliphatic hydroxyl groups excluding tert-OH is 1. The summed E-state index contributed by atoms with van der Waals surface area (Å²) in [4.78, 5) is 11.8. The van der Waals surface area contributed by atoms with Gasteiger partial charge < -0.3 is 14.9 Å². The molecule has 1 unspecified atom stereocenters. The Labute approximate surface area is 130 Å². The van der Waals surface area contributed by atoms with Gasteiger partial charge in [0.05, 0.1) is 18.2 Å². The molecule has 0 saturated carbocycles. The smallest absolute Gasteiger partial charge is 0.226 e. The average Bonchev–Trinajstić information content (AvgIpc) is 2.94. The Hall–Kier alpha value is -2.14. The number of aromatic nitrogens is 1. The SMILES string of the molecule is CC(C)CC(O)CNC(=O)Cc1cc(-c2ccccc2)on1. The average molecular weight is 302 g/mol. The molecule has 118 valence electrons. The number of aliphatic hydroxyl groups is 1. The summed E-state index contributed by atoms with van der Waals surface area (Å²) in [5.74, 6) is 0.870. The van der Waals surface area contributed by atoms with Crippen molar-refractivity contribution in [2.24, 2.45) is 5.92 Å². The predicted molar refractivity (Wildman–Crippen MR) is 84.1 cm³/mol. The summed E-state index contributed by atoms with van der Waals surface area (Å²) in [6, 6.07) is 11.4. The molecule has 22 heavy (non-hydrogen) atoms. The second kappa shape index (κ2) is 7.75. The number of hydrogen-bond donors (Lipinski definition) is 2. The molecule has 1 aromatic heterocycles. The molecule has 0 aliphatic heterocycles. The zero-order valence-electron chi connectivity index (χ0n) is 13.0. The predicted octanol–water partition coefficient (Wildman–Crippen LogP) is 2.41. The zero-order valence-corrected chi connectivity index (χ0v) is 13.0. The standard InChI is InChI=1S/C17H22N2O3/c1-12(2)8-15(20)11-18-17(21)10-14-9-16(22-19-14)13-6-4-3-5-7-13/h3-7,9,12,15,20H,8,10-11H2,1-2H3,(H,18,21). The molecular weight excluding hydrogens is 280 g/mol. The number of hydrogen-bond acceptors (Lipinski definition) is 4. The van der Waals surface area contributed by atoms with Crippen LogP contribution >= 0.6 is 0 Å². The first-order chi connectivity index (χ1) is 10.5. The molecule has 1 aromatic carbocycles. The second-order valence-electron chi connectivity index (χ2n) is 5.81. The summed E-state index contributed by atoms with van der Waals surface area (Å²) in [6.07, 6.45) is 0.300. The van der Waals surface area contributed by atoms with Crippen LogP contribution in [0, 0.1) is 5.92 Å². The van der Waals surface area contributed by atoms with Crippen LogP contribution in [-0.2, 0) is 11.2 Å². The highest BCUT2D eigenvalue weighted by Gasteiger charge is 2.12. The Balaban J connectivity index is 1.84. The third-order valence-corrected chi connectivity index (χ3v) is 3.24. The zero-order chi connectivity index (χ0) is 15.9. The van der Waals surface area contributed by atoms with Crippen LogP contribution in [0.3, 0.4) is 0 Å². The molecule has 5 heteroatoms. The fourth-order valence-electron chi connectivity index (χ4n) is 2.22. The summed E-state index contributed by atoms with van der Waals surface area (Å²) >= 11 is 0. The van der Waals surface area contributed by atoms with Gasteiger partial charge in [-0.25, -0.2) is 0 Å². The van der Waals surface area contributed by atoms with Gasteiger partial charge in [0.15, 0.2) is 5.76 Å². The van der Waals surface area contributed by atoms with Gasteiger partial charge >= 0.3 is 0 Å². The molecule has 1 amide bonds. The maximum Gasteiger partial charge on any atom is 0.226 e. The lowest BCUT2D eigenvalue weighted by Crippen LogP contribution is -2.33. The van der Waals surface area contributed by atoms with E-state index in [0.29, 0.717) is 23.8 Å². The quantitative estimate of drug-likeness (QED) is 0.823. The van der Waals surface area contributed by atoms with Crippen LogP contribution in [0.25, 0.3) is 11.3 Å². The topological polar surface area (TPSA) is 75.4 Å². The van der Waals surface area contributed by atoms with Gasteiger partial charge in [-0.3, -0.25) is 4.79 Å². The Morgan fingerprint density at radius 2 is 2.05 bits per heavy atom. The minimum atomic E-state index is -0.513. The van der Waals surface area contributed by atoms with Crippen molar-refractivity contribution in [3.8, 4) is 11.3 Å². The molecule has 0 saturated heterocycles. The van der Waals surface area contributed by atoms with Gasteiger partial charge in [-0.15, -0.1) is 0 Å². The molecule has 2 rings (SSSR count). The molecular formula is C17H22N2O3. The van der Waals surface area contributed by atoms with Gasteiger partial charge in [-0.2, -0.15) is 0 Å². The number of nitrogens with zero attached hydrogens (tertiary/aromatic N) is 1. The largest absolute Gasteiger partial charge is 0.391 e. The van der Waals surface area contributed by atoms with Crippen molar-refractivity contribution in [2.45, 2.75) is 32.8 Å². The fourth-order valence-corrected chi connectivity index (χ4v) is 2.22. The van der Waals surface area contributed by atoms with Crippen molar-refractivity contribution in [3.05, 3.63) is 42.1 Å². The number of nitrogens with one attached hydrogen (secondary N) is 1. The summed E-state index contributed by atoms with van der Waals surface area (Å²) in [5.41, 5.74) is 1.50. The minimum Gasteiger partial charge on any atom is -0.391 e. The first-order valence-electron chi connectivity index (χ1n) is 7.50. The van der Waals surface area contributed by atoms with Crippen LogP contribution in [0.5, 0.6) is 0 Å². The maximum atomic E-state index is 11.8. The normalized spacial score (nSPS) is 12.4. The molecule has 1 atom stereocenters. The van der Waals surface area contributed by atoms with Crippen molar-refractivity contribution in [1.82, 2.24) is 10.5 Å². The van der Waals surface area contributed by atoms with Crippen LogP contribution in [0.1, 0.15) is 26.0 Å². The van der Waals surface area contributed by atoms with Gasteiger partial charge in [0, 0.05) is 18.2 Å².